The fourth-order valence-corrected chi connectivity index (χ4v) is 6.56. The average molecular weight is 409 g/mol. The number of hydrogen-bond donors (Lipinski definition) is 0. The van der Waals surface area contributed by atoms with Gasteiger partial charge in [0.1, 0.15) is 0 Å². The number of nitrogens with zero attached hydrogens (tertiary/aromatic N) is 2. The minimum Gasteiger partial charge on any atom is -0.338 e. The Morgan fingerprint density at radius 1 is 1.03 bits per heavy atom. The van der Waals surface area contributed by atoms with Gasteiger partial charge in [0.2, 0.25) is 5.91 Å². The van der Waals surface area contributed by atoms with Crippen LogP contribution in [0.1, 0.15) is 64.7 Å². The van der Waals surface area contributed by atoms with E-state index in [1.807, 2.05) is 30.0 Å². The zero-order valence-electron chi connectivity index (χ0n) is 17.0. The molecule has 4 nitrogen and oxygen atoms in total. The predicted octanol–water partition coefficient (Wildman–Crippen LogP) is 4.81. The Morgan fingerprint density at radius 2 is 1.72 bits per heavy atom. The quantitative estimate of drug-likeness (QED) is 0.684. The maximum atomic E-state index is 13.4. The lowest BCUT2D eigenvalue weighted by atomic mass is 9.65. The van der Waals surface area contributed by atoms with Crippen molar-refractivity contribution < 1.29 is 9.59 Å². The van der Waals surface area contributed by atoms with Crippen LogP contribution in [0.25, 0.3) is 0 Å². The van der Waals surface area contributed by atoms with Crippen LogP contribution in [0.4, 0.5) is 0 Å². The van der Waals surface area contributed by atoms with Crippen LogP contribution in [0.2, 0.25) is 0 Å². The van der Waals surface area contributed by atoms with Crippen molar-refractivity contribution in [3.8, 4) is 0 Å². The van der Waals surface area contributed by atoms with Gasteiger partial charge in [-0.1, -0.05) is 43.2 Å². The summed E-state index contributed by atoms with van der Waals surface area (Å²) in [6.07, 6.45) is 6.13. The largest absolute Gasteiger partial charge is 0.338 e. The Morgan fingerprint density at radius 3 is 2.34 bits per heavy atom. The smallest absolute Gasteiger partial charge is 0.263 e. The highest BCUT2D eigenvalue weighted by atomic mass is 32.1. The number of aryl methyl sites for hydroxylation is 1. The van der Waals surface area contributed by atoms with Crippen molar-refractivity contribution in [3.63, 3.8) is 0 Å². The number of carbonyl (C=O) groups excluding carboxylic acids is 2. The number of benzene rings is 1. The Labute approximate surface area is 176 Å². The number of carbonyl (C=O) groups is 2. The predicted molar refractivity (Wildman–Crippen MR) is 115 cm³/mol. The highest BCUT2D eigenvalue weighted by Crippen LogP contribution is 2.60. The van der Waals surface area contributed by atoms with E-state index in [4.69, 9.17) is 0 Å². The molecule has 0 bridgehead atoms. The van der Waals surface area contributed by atoms with Crippen LogP contribution in [-0.4, -0.2) is 40.7 Å². The molecule has 2 amide bonds. The van der Waals surface area contributed by atoms with Crippen molar-refractivity contribution in [1.82, 2.24) is 9.80 Å². The number of thiophene rings is 1. The normalized spacial score (nSPS) is 24.2. The van der Waals surface area contributed by atoms with Gasteiger partial charge in [0.05, 0.1) is 16.3 Å². The molecule has 152 valence electrons. The fourth-order valence-electron chi connectivity index (χ4n) is 5.73. The van der Waals surface area contributed by atoms with E-state index in [2.05, 4.69) is 29.2 Å². The van der Waals surface area contributed by atoms with Crippen molar-refractivity contribution in [2.45, 2.75) is 57.5 Å². The molecule has 0 radical (unpaired) electrons. The van der Waals surface area contributed by atoms with Crippen LogP contribution in [0.3, 0.4) is 0 Å². The maximum absolute atomic E-state index is 13.4. The van der Waals surface area contributed by atoms with Gasteiger partial charge in [-0.15, -0.1) is 11.3 Å². The lowest BCUT2D eigenvalue weighted by Crippen LogP contribution is -2.66. The van der Waals surface area contributed by atoms with Crippen molar-refractivity contribution in [2.24, 2.45) is 5.41 Å². The van der Waals surface area contributed by atoms with E-state index < -0.39 is 0 Å². The number of piperidine rings is 1. The molecule has 2 aliphatic heterocycles. The standard InChI is InChI=1S/C24H28N2O2S/c1-17-9-10-20(29-17)22(27)25-15-11-19(12-16-25)26-21(18-7-3-2-4-8-18)24(23(26)28)13-5-6-14-24/h2-4,7-10,19,21H,5-6,11-16H2,1H3. The highest BCUT2D eigenvalue weighted by molar-refractivity contribution is 7.13. The van der Waals surface area contributed by atoms with Crippen molar-refractivity contribution in [1.29, 1.82) is 0 Å². The van der Waals surface area contributed by atoms with Crippen molar-refractivity contribution in [3.05, 3.63) is 57.8 Å². The first kappa shape index (κ1) is 18.9. The lowest BCUT2D eigenvalue weighted by Gasteiger charge is -2.59. The highest BCUT2D eigenvalue weighted by Gasteiger charge is 2.63. The zero-order chi connectivity index (χ0) is 20.0. The summed E-state index contributed by atoms with van der Waals surface area (Å²) in [5, 5.41) is 0. The average Bonchev–Trinajstić information content (AvgIpc) is 3.42. The molecule has 3 aliphatic rings. The summed E-state index contributed by atoms with van der Waals surface area (Å²) in [7, 11) is 0. The molecule has 3 fully saturated rings. The molecule has 5 heteroatoms. The van der Waals surface area contributed by atoms with Gasteiger partial charge in [-0.3, -0.25) is 9.59 Å². The third kappa shape index (κ3) is 3.02. The molecule has 1 saturated carbocycles. The molecule has 5 rings (SSSR count). The summed E-state index contributed by atoms with van der Waals surface area (Å²) >= 11 is 1.57. The summed E-state index contributed by atoms with van der Waals surface area (Å²) < 4.78 is 0. The van der Waals surface area contributed by atoms with Crippen LogP contribution in [0.15, 0.2) is 42.5 Å². The second-order valence-corrected chi connectivity index (χ2v) is 10.1. The van der Waals surface area contributed by atoms with E-state index in [-0.39, 0.29) is 23.4 Å². The SMILES string of the molecule is Cc1ccc(C(=O)N2CCC(N3C(=O)C4(CCCC4)C3c3ccccc3)CC2)s1. The van der Waals surface area contributed by atoms with E-state index in [9.17, 15) is 9.59 Å². The third-order valence-corrected chi connectivity index (χ3v) is 8.16. The Hall–Kier alpha value is -2.14. The first-order valence-corrected chi connectivity index (χ1v) is 11.7. The monoisotopic (exact) mass is 408 g/mol. The van der Waals surface area contributed by atoms with Crippen LogP contribution in [0, 0.1) is 12.3 Å². The second-order valence-electron chi connectivity index (χ2n) is 8.82. The molecule has 1 atom stereocenters. The number of hydrogen-bond acceptors (Lipinski definition) is 3. The number of β-lactam (4-membered cyclic amide) rings is 1. The Kier molecular flexibility index (Phi) is 4.73. The van der Waals surface area contributed by atoms with Gasteiger partial charge in [0.15, 0.2) is 0 Å². The van der Waals surface area contributed by atoms with Gasteiger partial charge in [-0.2, -0.15) is 0 Å². The molecular formula is C24H28N2O2S. The Balaban J connectivity index is 1.32. The molecule has 3 heterocycles. The fraction of sp³-hybridized carbons (Fsp3) is 0.500. The maximum Gasteiger partial charge on any atom is 0.263 e. The number of amides is 2. The summed E-state index contributed by atoms with van der Waals surface area (Å²) in [4.78, 5) is 32.3. The van der Waals surface area contributed by atoms with Crippen LogP contribution in [-0.2, 0) is 4.79 Å². The van der Waals surface area contributed by atoms with E-state index in [1.54, 1.807) is 11.3 Å². The van der Waals surface area contributed by atoms with Gasteiger partial charge in [-0.25, -0.2) is 0 Å². The van der Waals surface area contributed by atoms with Gasteiger partial charge >= 0.3 is 0 Å². The summed E-state index contributed by atoms with van der Waals surface area (Å²) in [5.41, 5.74) is 1.12. The molecule has 1 unspecified atom stereocenters. The lowest BCUT2D eigenvalue weighted by molar-refractivity contribution is -0.180. The zero-order valence-corrected chi connectivity index (χ0v) is 17.8. The van der Waals surface area contributed by atoms with Crippen LogP contribution >= 0.6 is 11.3 Å². The first-order chi connectivity index (χ1) is 14.1. The molecule has 2 aromatic rings. The van der Waals surface area contributed by atoms with E-state index >= 15 is 0 Å². The molecule has 2 saturated heterocycles. The second kappa shape index (κ2) is 7.28. The molecular weight excluding hydrogens is 380 g/mol. The van der Waals surface area contributed by atoms with Crippen molar-refractivity contribution >= 4 is 23.2 Å². The molecule has 1 aromatic carbocycles. The minimum atomic E-state index is -0.164. The van der Waals surface area contributed by atoms with E-state index in [0.717, 1.165) is 56.5 Å². The third-order valence-electron chi connectivity index (χ3n) is 7.17. The Bertz CT molecular complexity index is 908. The van der Waals surface area contributed by atoms with Crippen molar-refractivity contribution in [2.75, 3.05) is 13.1 Å². The van der Waals surface area contributed by atoms with Gasteiger partial charge in [-0.05, 0) is 50.3 Å². The molecule has 1 aliphatic carbocycles. The van der Waals surface area contributed by atoms with Crippen LogP contribution < -0.4 is 0 Å². The molecule has 29 heavy (non-hydrogen) atoms. The molecule has 1 spiro atoms. The summed E-state index contributed by atoms with van der Waals surface area (Å²) in [6, 6.07) is 15.0. The molecule has 1 aromatic heterocycles. The topological polar surface area (TPSA) is 40.6 Å². The number of rotatable bonds is 3. The van der Waals surface area contributed by atoms with Crippen LogP contribution in [0.5, 0.6) is 0 Å². The minimum absolute atomic E-state index is 0.142. The number of likely N-dealkylation sites (tertiary alicyclic amines) is 2. The summed E-state index contributed by atoms with van der Waals surface area (Å²) in [5.74, 6) is 0.505. The van der Waals surface area contributed by atoms with E-state index in [1.165, 1.54) is 10.4 Å². The van der Waals surface area contributed by atoms with E-state index in [0.29, 0.717) is 5.91 Å². The van der Waals surface area contributed by atoms with Gasteiger partial charge < -0.3 is 9.80 Å². The van der Waals surface area contributed by atoms with Gasteiger partial charge in [0, 0.05) is 24.0 Å². The summed E-state index contributed by atoms with van der Waals surface area (Å²) in [6.45, 7) is 3.50. The molecule has 0 N–H and O–H groups in total. The first-order valence-electron chi connectivity index (χ1n) is 10.8. The van der Waals surface area contributed by atoms with Gasteiger partial charge in [0.25, 0.3) is 5.91 Å².